The van der Waals surface area contributed by atoms with Crippen molar-refractivity contribution in [3.05, 3.63) is 0 Å². The minimum absolute atomic E-state index is 0.00223. The molecule has 1 aliphatic rings. The van der Waals surface area contributed by atoms with Gasteiger partial charge in [-0.05, 0) is 37.2 Å². The predicted molar refractivity (Wildman–Crippen MR) is 111 cm³/mol. The summed E-state index contributed by atoms with van der Waals surface area (Å²) in [6.07, 6.45) is 6.66. The van der Waals surface area contributed by atoms with E-state index in [1.54, 1.807) is 11.9 Å². The number of primary amides is 1. The Morgan fingerprint density at radius 3 is 2.12 bits per heavy atom. The Morgan fingerprint density at radius 1 is 1.27 bits per heavy atom. The highest BCUT2D eigenvalue weighted by Crippen LogP contribution is 2.55. The van der Waals surface area contributed by atoms with Crippen LogP contribution in [-0.2, 0) is 13.8 Å². The summed E-state index contributed by atoms with van der Waals surface area (Å²) in [5.74, 6) is 0.0337. The summed E-state index contributed by atoms with van der Waals surface area (Å²) in [5.41, 5.74) is 5.79. The van der Waals surface area contributed by atoms with E-state index in [4.69, 9.17) is 9.92 Å². The summed E-state index contributed by atoms with van der Waals surface area (Å²) in [7, 11) is 0.251. The lowest BCUT2D eigenvalue weighted by Crippen LogP contribution is -2.58. The van der Waals surface area contributed by atoms with Crippen molar-refractivity contribution < 1.29 is 13.8 Å². The molecule has 5 nitrogen and oxygen atoms in total. The van der Waals surface area contributed by atoms with Crippen molar-refractivity contribution in [3.8, 4) is 0 Å². The van der Waals surface area contributed by atoms with Crippen LogP contribution in [0, 0.1) is 17.8 Å². The summed E-state index contributed by atoms with van der Waals surface area (Å²) in [6.45, 7) is 12.7. The fraction of sp³-hybridized carbons (Fsp3) is 0.900. The Balaban J connectivity index is 3.16. The average Bonchev–Trinajstić information content (AvgIpc) is 2.49. The smallest absolute Gasteiger partial charge is 0.242 e. The lowest BCUT2D eigenvalue weighted by molar-refractivity contribution is -0.149. The zero-order valence-electron chi connectivity index (χ0n) is 18.2. The van der Waals surface area contributed by atoms with Gasteiger partial charge in [-0.1, -0.05) is 48.0 Å². The summed E-state index contributed by atoms with van der Waals surface area (Å²) in [5, 5.41) is 0. The van der Waals surface area contributed by atoms with E-state index in [0.29, 0.717) is 5.92 Å². The van der Waals surface area contributed by atoms with Gasteiger partial charge in [0.1, 0.15) is 12.1 Å². The van der Waals surface area contributed by atoms with Gasteiger partial charge in [-0.2, -0.15) is 0 Å². The third kappa shape index (κ3) is 4.94. The number of hydrogen-bond donors (Lipinski definition) is 1. The van der Waals surface area contributed by atoms with Gasteiger partial charge < -0.3 is 14.8 Å². The minimum atomic E-state index is -1.46. The maximum Gasteiger partial charge on any atom is 0.242 e. The number of carbonyl (C=O) groups is 2. The molecule has 1 saturated carbocycles. The summed E-state index contributed by atoms with van der Waals surface area (Å²) < 4.78 is 6.56. The largest absolute Gasteiger partial charge is 0.368 e. The number of rotatable bonds is 8. The third-order valence-corrected chi connectivity index (χ3v) is 9.99. The Bertz CT molecular complexity index is 516. The topological polar surface area (TPSA) is 72.6 Å². The van der Waals surface area contributed by atoms with Crippen LogP contribution in [0.2, 0.25) is 0 Å². The van der Waals surface area contributed by atoms with Crippen molar-refractivity contribution in [1.82, 2.24) is 4.90 Å². The molecule has 1 rings (SSSR count). The van der Waals surface area contributed by atoms with Gasteiger partial charge in [-0.3, -0.25) is 9.59 Å². The van der Waals surface area contributed by atoms with E-state index in [1.807, 2.05) is 0 Å². The Kier molecular flexibility index (Phi) is 7.62. The first kappa shape index (κ1) is 23.3. The number of likely N-dealkylation sites (N-methyl/N-ethyl adjacent to an activating group) is 1. The van der Waals surface area contributed by atoms with E-state index in [0.717, 1.165) is 19.3 Å². The first-order valence-electron chi connectivity index (χ1n) is 9.71. The zero-order chi connectivity index (χ0) is 20.4. The lowest BCUT2D eigenvalue weighted by atomic mass is 9.74. The van der Waals surface area contributed by atoms with Gasteiger partial charge in [-0.25, -0.2) is 0 Å². The third-order valence-electron chi connectivity index (χ3n) is 6.34. The molecule has 26 heavy (non-hydrogen) atoms. The molecular weight excluding hydrogens is 348 g/mol. The second-order valence-corrected chi connectivity index (χ2v) is 13.1. The molecule has 4 unspecified atom stereocenters. The molecule has 154 valence electrons. The quantitative estimate of drug-likeness (QED) is 0.691. The van der Waals surface area contributed by atoms with Gasteiger partial charge >= 0.3 is 0 Å². The van der Waals surface area contributed by atoms with Gasteiger partial charge in [0.2, 0.25) is 11.8 Å². The maximum absolute atomic E-state index is 12.9. The van der Waals surface area contributed by atoms with Gasteiger partial charge in [-0.15, -0.1) is 10.3 Å². The first-order valence-corrected chi connectivity index (χ1v) is 12.1. The van der Waals surface area contributed by atoms with E-state index in [-0.39, 0.29) is 22.5 Å². The van der Waals surface area contributed by atoms with Crippen LogP contribution < -0.4 is 5.73 Å². The molecule has 0 saturated heterocycles. The van der Waals surface area contributed by atoms with Crippen molar-refractivity contribution in [2.24, 2.45) is 23.5 Å². The van der Waals surface area contributed by atoms with Crippen molar-refractivity contribution >= 4 is 22.1 Å². The SMILES string of the molecule is CCC(C)C(OS(C)(C)C(C)(C)C)[C@@H](C(N)=O)N(C)C(=O)C1CCC1C. The predicted octanol–water partition coefficient (Wildman–Crippen LogP) is 3.55. The molecule has 0 aliphatic heterocycles. The molecular formula is C20H40N2O3S. The van der Waals surface area contributed by atoms with E-state index in [1.165, 1.54) is 0 Å². The molecule has 0 radical (unpaired) electrons. The molecule has 2 N–H and O–H groups in total. The first-order chi connectivity index (χ1) is 11.7. The van der Waals surface area contributed by atoms with Crippen LogP contribution >= 0.6 is 10.3 Å². The van der Waals surface area contributed by atoms with E-state index >= 15 is 0 Å². The number of nitrogens with two attached hydrogens (primary N) is 1. The highest BCUT2D eigenvalue weighted by molar-refractivity contribution is 8.29. The van der Waals surface area contributed by atoms with Crippen molar-refractivity contribution in [1.29, 1.82) is 0 Å². The van der Waals surface area contributed by atoms with Crippen LogP contribution in [0.3, 0.4) is 0 Å². The molecule has 0 bridgehead atoms. The van der Waals surface area contributed by atoms with Gasteiger partial charge in [0, 0.05) is 17.7 Å². The molecule has 0 aromatic carbocycles. The monoisotopic (exact) mass is 388 g/mol. The Morgan fingerprint density at radius 2 is 1.81 bits per heavy atom. The molecule has 1 fully saturated rings. The van der Waals surface area contributed by atoms with Gasteiger partial charge in [0.15, 0.2) is 0 Å². The molecule has 0 heterocycles. The second-order valence-electron chi connectivity index (χ2n) is 9.25. The van der Waals surface area contributed by atoms with Crippen molar-refractivity contribution in [2.75, 3.05) is 19.6 Å². The average molecular weight is 389 g/mol. The number of hydrogen-bond acceptors (Lipinski definition) is 3. The molecule has 6 heteroatoms. The highest BCUT2D eigenvalue weighted by atomic mass is 32.3. The standard InChI is InChI=1S/C20H40N2O3S/c1-10-13(2)17(25-26(8,9)20(4,5)6)16(18(21)23)22(7)19(24)15-12-11-14(15)3/h13-17H,10-12H2,1-9H3,(H2,21,23)/t13?,14?,15?,16-,17?/m0/s1. The molecule has 5 atom stereocenters. The summed E-state index contributed by atoms with van der Waals surface area (Å²) in [4.78, 5) is 26.9. The lowest BCUT2D eigenvalue weighted by Gasteiger charge is -2.49. The van der Waals surface area contributed by atoms with Gasteiger partial charge in [0.25, 0.3) is 0 Å². The summed E-state index contributed by atoms with van der Waals surface area (Å²) in [6, 6.07) is -0.737. The van der Waals surface area contributed by atoms with Crippen LogP contribution in [0.1, 0.15) is 60.8 Å². The van der Waals surface area contributed by atoms with Crippen molar-refractivity contribution in [2.45, 2.75) is 77.7 Å². The van der Waals surface area contributed by atoms with Crippen LogP contribution in [0.4, 0.5) is 0 Å². The fourth-order valence-electron chi connectivity index (χ4n) is 3.12. The Labute approximate surface area is 161 Å². The van der Waals surface area contributed by atoms with E-state index in [9.17, 15) is 9.59 Å². The molecule has 0 aromatic heterocycles. The minimum Gasteiger partial charge on any atom is -0.368 e. The van der Waals surface area contributed by atoms with Crippen LogP contribution in [0.25, 0.3) is 0 Å². The fourth-order valence-corrected chi connectivity index (χ4v) is 4.26. The number of amides is 2. The molecule has 2 amide bonds. The molecule has 0 spiro atoms. The maximum atomic E-state index is 12.9. The van der Waals surface area contributed by atoms with Crippen LogP contribution in [0.15, 0.2) is 0 Å². The Hall–Kier alpha value is -0.750. The second kappa shape index (κ2) is 8.51. The molecule has 0 aromatic rings. The normalized spacial score (nSPS) is 25.0. The van der Waals surface area contributed by atoms with Crippen LogP contribution in [0.5, 0.6) is 0 Å². The van der Waals surface area contributed by atoms with Crippen LogP contribution in [-0.4, -0.2) is 53.2 Å². The zero-order valence-corrected chi connectivity index (χ0v) is 19.0. The van der Waals surface area contributed by atoms with Crippen molar-refractivity contribution in [3.63, 3.8) is 0 Å². The highest BCUT2D eigenvalue weighted by Gasteiger charge is 2.44. The van der Waals surface area contributed by atoms with E-state index in [2.05, 4.69) is 54.1 Å². The molecule has 1 aliphatic carbocycles. The van der Waals surface area contributed by atoms with Gasteiger partial charge in [0.05, 0.1) is 0 Å². The number of nitrogens with zero attached hydrogens (tertiary/aromatic N) is 1. The van der Waals surface area contributed by atoms with E-state index < -0.39 is 28.4 Å². The number of carbonyl (C=O) groups excluding carboxylic acids is 2. The summed E-state index contributed by atoms with van der Waals surface area (Å²) >= 11 is 0.